The van der Waals surface area contributed by atoms with Gasteiger partial charge in [0.2, 0.25) is 0 Å². The minimum absolute atomic E-state index is 0.0160. The van der Waals surface area contributed by atoms with Crippen molar-refractivity contribution in [3.05, 3.63) is 24.8 Å². The topological polar surface area (TPSA) is 146 Å². The highest BCUT2D eigenvalue weighted by molar-refractivity contribution is 5.82. The van der Waals surface area contributed by atoms with E-state index in [1.165, 1.54) is 6.08 Å². The van der Waals surface area contributed by atoms with Crippen LogP contribution in [0.15, 0.2) is 24.8 Å². The number of aliphatic hydroxyl groups excluding tert-OH is 3. The zero-order valence-corrected chi connectivity index (χ0v) is 22.7. The van der Waals surface area contributed by atoms with Crippen LogP contribution in [0.3, 0.4) is 0 Å². The van der Waals surface area contributed by atoms with E-state index in [9.17, 15) is 24.9 Å². The Balaban J connectivity index is 0.00000334. The largest absolute Gasteiger partial charge is 0.481 e. The molecule has 9 heteroatoms. The maximum atomic E-state index is 12.1. The number of carbonyl (C=O) groups is 2. The molecule has 0 amide bonds. The Labute approximate surface area is 221 Å². The summed E-state index contributed by atoms with van der Waals surface area (Å²) in [4.78, 5) is 22.5. The molecule has 2 fully saturated rings. The van der Waals surface area contributed by atoms with Gasteiger partial charge in [0.25, 0.3) is 0 Å². The number of rotatable bonds is 16. The number of hydrogen-bond donors (Lipinski definition) is 4. The summed E-state index contributed by atoms with van der Waals surface area (Å²) in [7, 11) is 0. The molecular formula is C28H48O9. The summed E-state index contributed by atoms with van der Waals surface area (Å²) >= 11 is 0. The van der Waals surface area contributed by atoms with Crippen LogP contribution in [-0.2, 0) is 23.8 Å². The maximum Gasteiger partial charge on any atom is 0.330 e. The number of hydrogen-bond acceptors (Lipinski definition) is 8. The monoisotopic (exact) mass is 528 g/mol. The van der Waals surface area contributed by atoms with Crippen LogP contribution in [0.1, 0.15) is 78.6 Å². The highest BCUT2D eigenvalue weighted by atomic mass is 16.6. The lowest BCUT2D eigenvalue weighted by molar-refractivity contribution is -0.165. The summed E-state index contributed by atoms with van der Waals surface area (Å²) in [5, 5.41) is 39.5. The van der Waals surface area contributed by atoms with Gasteiger partial charge in [-0.1, -0.05) is 38.2 Å². The van der Waals surface area contributed by atoms with Crippen LogP contribution in [0, 0.1) is 11.8 Å². The van der Waals surface area contributed by atoms with E-state index < -0.39 is 36.4 Å². The molecule has 0 aromatic heterocycles. The van der Waals surface area contributed by atoms with Crippen molar-refractivity contribution < 1.29 is 44.2 Å². The molecule has 0 radical (unpaired) electrons. The molecule has 0 saturated carbocycles. The first-order chi connectivity index (χ1) is 17.6. The van der Waals surface area contributed by atoms with Crippen molar-refractivity contribution in [3.63, 3.8) is 0 Å². The fraction of sp³-hybridized carbons (Fsp3) is 0.786. The number of esters is 1. The molecular weight excluding hydrogens is 480 g/mol. The van der Waals surface area contributed by atoms with E-state index in [1.807, 2.05) is 6.92 Å². The molecule has 0 aromatic rings. The summed E-state index contributed by atoms with van der Waals surface area (Å²) in [6, 6.07) is 0. The van der Waals surface area contributed by atoms with Gasteiger partial charge >= 0.3 is 11.9 Å². The zero-order valence-electron chi connectivity index (χ0n) is 22.7. The number of carboxylic acid groups (broad SMARTS) is 1. The van der Waals surface area contributed by atoms with Crippen LogP contribution in [-0.4, -0.2) is 82.2 Å². The Bertz CT molecular complexity index is 708. The smallest absolute Gasteiger partial charge is 0.330 e. The minimum atomic E-state index is -1.06. The van der Waals surface area contributed by atoms with E-state index in [0.717, 1.165) is 32.1 Å². The number of unbranched alkanes of at least 4 members (excludes halogenated alkanes) is 5. The van der Waals surface area contributed by atoms with Gasteiger partial charge < -0.3 is 34.6 Å². The summed E-state index contributed by atoms with van der Waals surface area (Å²) in [6.45, 7) is 12.1. The lowest BCUT2D eigenvalue weighted by Gasteiger charge is -2.38. The number of carbonyl (C=O) groups excluding carboxylic acids is 1. The molecule has 214 valence electrons. The van der Waals surface area contributed by atoms with Gasteiger partial charge in [0.15, 0.2) is 0 Å². The molecule has 0 spiro atoms. The van der Waals surface area contributed by atoms with Gasteiger partial charge in [-0.15, -0.1) is 13.2 Å². The molecule has 2 heterocycles. The Morgan fingerprint density at radius 2 is 1.65 bits per heavy atom. The Kier molecular flexibility index (Phi) is 15.9. The van der Waals surface area contributed by atoms with Gasteiger partial charge in [0.1, 0.15) is 6.10 Å². The van der Waals surface area contributed by atoms with E-state index in [0.29, 0.717) is 38.0 Å². The van der Waals surface area contributed by atoms with Gasteiger partial charge in [-0.25, -0.2) is 4.79 Å². The van der Waals surface area contributed by atoms with Gasteiger partial charge in [-0.2, -0.15) is 0 Å². The quantitative estimate of drug-likeness (QED) is 0.0778. The first-order valence-electron chi connectivity index (χ1n) is 13.5. The predicted octanol–water partition coefficient (Wildman–Crippen LogP) is 3.39. The first kappa shape index (κ1) is 33.2. The third kappa shape index (κ3) is 12.5. The van der Waals surface area contributed by atoms with Gasteiger partial charge in [0.05, 0.1) is 43.7 Å². The van der Waals surface area contributed by atoms with Crippen LogP contribution in [0.25, 0.3) is 0 Å². The Morgan fingerprint density at radius 1 is 1.03 bits per heavy atom. The van der Waals surface area contributed by atoms with E-state index in [-0.39, 0.29) is 30.5 Å². The second-order valence-corrected chi connectivity index (χ2v) is 10.2. The molecule has 2 aliphatic rings. The first-order valence-corrected chi connectivity index (χ1v) is 13.5. The van der Waals surface area contributed by atoms with Gasteiger partial charge in [-0.3, -0.25) is 4.79 Å². The van der Waals surface area contributed by atoms with Crippen molar-refractivity contribution in [2.45, 2.75) is 115 Å². The van der Waals surface area contributed by atoms with Crippen molar-refractivity contribution in [2.24, 2.45) is 11.8 Å². The number of ether oxygens (including phenoxy) is 3. The van der Waals surface area contributed by atoms with Crippen molar-refractivity contribution >= 4 is 11.9 Å². The van der Waals surface area contributed by atoms with Crippen LogP contribution in [0.5, 0.6) is 0 Å². The number of carboxylic acids is 1. The molecule has 4 N–H and O–H groups in total. The molecule has 2 saturated heterocycles. The fourth-order valence-corrected chi connectivity index (χ4v) is 4.59. The van der Waals surface area contributed by atoms with Gasteiger partial charge in [-0.05, 0) is 39.5 Å². The van der Waals surface area contributed by atoms with E-state index in [1.54, 1.807) is 13.8 Å². The van der Waals surface area contributed by atoms with Gasteiger partial charge in [0, 0.05) is 24.3 Å². The second kappa shape index (κ2) is 17.7. The highest BCUT2D eigenvalue weighted by Gasteiger charge is 2.48. The second-order valence-electron chi connectivity index (χ2n) is 10.2. The molecule has 0 bridgehead atoms. The molecule has 1 unspecified atom stereocenters. The third-order valence-corrected chi connectivity index (χ3v) is 7.09. The van der Waals surface area contributed by atoms with Crippen molar-refractivity contribution in [2.75, 3.05) is 13.2 Å². The van der Waals surface area contributed by atoms with E-state index in [2.05, 4.69) is 13.2 Å². The number of epoxide rings is 1. The average molecular weight is 529 g/mol. The molecule has 9 nitrogen and oxygen atoms in total. The van der Waals surface area contributed by atoms with E-state index >= 15 is 0 Å². The Hall–Kier alpha value is -1.78. The van der Waals surface area contributed by atoms with Crippen molar-refractivity contribution in [1.82, 2.24) is 0 Å². The molecule has 0 aliphatic carbocycles. The summed E-state index contributed by atoms with van der Waals surface area (Å²) in [5.74, 6) is -1.42. The highest BCUT2D eigenvalue weighted by Crippen LogP contribution is 2.38. The molecule has 8 atom stereocenters. The van der Waals surface area contributed by atoms with Crippen LogP contribution in [0.2, 0.25) is 0 Å². The van der Waals surface area contributed by atoms with Crippen LogP contribution >= 0.6 is 0 Å². The number of aliphatic carboxylic acids is 1. The fourth-order valence-electron chi connectivity index (χ4n) is 4.59. The summed E-state index contributed by atoms with van der Waals surface area (Å²) < 4.78 is 16.7. The predicted molar refractivity (Wildman–Crippen MR) is 140 cm³/mol. The molecule has 37 heavy (non-hydrogen) atoms. The zero-order chi connectivity index (χ0) is 28.0. The van der Waals surface area contributed by atoms with Crippen LogP contribution in [0.4, 0.5) is 0 Å². The van der Waals surface area contributed by atoms with Crippen molar-refractivity contribution in [3.8, 4) is 0 Å². The lowest BCUT2D eigenvalue weighted by Crippen LogP contribution is -2.50. The number of aliphatic hydroxyl groups is 3. The normalized spacial score (nSPS) is 29.0. The van der Waals surface area contributed by atoms with Crippen LogP contribution < -0.4 is 0 Å². The molecule has 0 aromatic carbocycles. The summed E-state index contributed by atoms with van der Waals surface area (Å²) in [6.07, 6.45) is 4.61. The van der Waals surface area contributed by atoms with E-state index in [4.69, 9.17) is 19.3 Å². The maximum absolute atomic E-state index is 12.1. The standard InChI is InChI=1S/C26H44O9.C2H4/c1-16(13-23(30)33-11-9-7-5-4-6-8-10-22(28)29)12-20-25(32)24(31)19(15-34-20)14-21-26(35-21)17(2)18(3)27;1-2/h13,17-21,24-27,31-32H,4-12,14-15H2,1-3H3,(H,28,29);1-2H2/b16-13+;/t17-,18-,19-,20?,21-,24+,25-,26-;/m0./s1. The molecule has 2 aliphatic heterocycles. The minimum Gasteiger partial charge on any atom is -0.481 e. The SMILES string of the molecule is C/C(=C\C(=O)OCCCCCCCCC(=O)O)CC1OC[C@H](C[C@@H]2O[C@H]2[C@@H](C)[C@H](C)O)[C@@H](O)[C@H]1O.C=C. The third-order valence-electron chi connectivity index (χ3n) is 7.09. The summed E-state index contributed by atoms with van der Waals surface area (Å²) in [5.41, 5.74) is 0.708. The molecule has 2 rings (SSSR count). The Morgan fingerprint density at radius 3 is 2.27 bits per heavy atom. The lowest BCUT2D eigenvalue weighted by atomic mass is 9.85. The average Bonchev–Trinajstić information content (AvgIpc) is 3.62. The van der Waals surface area contributed by atoms with Crippen molar-refractivity contribution in [1.29, 1.82) is 0 Å².